The fourth-order valence-electron chi connectivity index (χ4n) is 2.37. The van der Waals surface area contributed by atoms with Gasteiger partial charge in [-0.25, -0.2) is 0 Å². The molecule has 108 valence electrons. The van der Waals surface area contributed by atoms with E-state index in [-0.39, 0.29) is 6.04 Å². The number of nitrogens with two attached hydrogens (primary N) is 1. The van der Waals surface area contributed by atoms with Crippen LogP contribution in [-0.2, 0) is 6.42 Å². The van der Waals surface area contributed by atoms with Gasteiger partial charge in [0, 0.05) is 24.8 Å². The number of rotatable bonds is 8. The maximum Gasteiger partial charge on any atom is 0.0399 e. The zero-order chi connectivity index (χ0) is 14.3. The Kier molecular flexibility index (Phi) is 6.89. The molecular weight excluding hydrogens is 234 g/mol. The quantitative estimate of drug-likeness (QED) is 0.781. The molecule has 3 nitrogen and oxygen atoms in total. The Hall–Kier alpha value is -1.06. The van der Waals surface area contributed by atoms with E-state index >= 15 is 0 Å². The summed E-state index contributed by atoms with van der Waals surface area (Å²) in [5, 5.41) is 0. The molecule has 1 aromatic carbocycles. The lowest BCUT2D eigenvalue weighted by atomic mass is 10.0. The van der Waals surface area contributed by atoms with E-state index in [0.29, 0.717) is 0 Å². The van der Waals surface area contributed by atoms with Crippen LogP contribution in [-0.4, -0.2) is 44.7 Å². The lowest BCUT2D eigenvalue weighted by Gasteiger charge is -2.27. The topological polar surface area (TPSA) is 32.5 Å². The largest absolute Gasteiger partial charge is 0.372 e. The van der Waals surface area contributed by atoms with Crippen LogP contribution in [0.4, 0.5) is 5.69 Å². The zero-order valence-electron chi connectivity index (χ0n) is 12.9. The summed E-state index contributed by atoms with van der Waals surface area (Å²) in [4.78, 5) is 4.70. The van der Waals surface area contributed by atoms with E-state index < -0.39 is 0 Å². The van der Waals surface area contributed by atoms with Crippen molar-refractivity contribution in [1.82, 2.24) is 4.90 Å². The average molecular weight is 263 g/mol. The van der Waals surface area contributed by atoms with Crippen LogP contribution < -0.4 is 10.6 Å². The van der Waals surface area contributed by atoms with E-state index in [4.69, 9.17) is 5.73 Å². The van der Waals surface area contributed by atoms with Crippen LogP contribution >= 0.6 is 0 Å². The number of hydrogen-bond donors (Lipinski definition) is 1. The molecule has 1 aromatic rings. The van der Waals surface area contributed by atoms with Crippen LogP contribution in [0.2, 0.25) is 0 Å². The van der Waals surface area contributed by atoms with Crippen molar-refractivity contribution in [3.63, 3.8) is 0 Å². The molecule has 19 heavy (non-hydrogen) atoms. The molecule has 3 heteroatoms. The van der Waals surface area contributed by atoms with Crippen LogP contribution in [0.1, 0.15) is 25.8 Å². The summed E-state index contributed by atoms with van der Waals surface area (Å²) in [5.41, 5.74) is 8.66. The normalized spacial score (nSPS) is 12.7. The minimum absolute atomic E-state index is 0.210. The summed E-state index contributed by atoms with van der Waals surface area (Å²) >= 11 is 0. The molecule has 0 saturated heterocycles. The molecule has 0 radical (unpaired) electrons. The molecular formula is C16H29N3. The van der Waals surface area contributed by atoms with Crippen LogP contribution in [0.5, 0.6) is 0 Å². The highest BCUT2D eigenvalue weighted by Gasteiger charge is 2.10. The number of hydrogen-bond acceptors (Lipinski definition) is 3. The summed E-state index contributed by atoms with van der Waals surface area (Å²) in [6.07, 6.45) is 2.13. The Morgan fingerprint density at radius 3 is 2.42 bits per heavy atom. The van der Waals surface area contributed by atoms with Crippen LogP contribution in [0.15, 0.2) is 24.3 Å². The smallest absolute Gasteiger partial charge is 0.0399 e. The summed E-state index contributed by atoms with van der Waals surface area (Å²) in [6.45, 7) is 7.57. The summed E-state index contributed by atoms with van der Waals surface area (Å²) in [5.74, 6) is 0. The number of benzene rings is 1. The SMILES string of the molecule is CCN(CCCN(C)C)c1ccccc1CC(C)N. The van der Waals surface area contributed by atoms with E-state index in [1.54, 1.807) is 0 Å². The van der Waals surface area contributed by atoms with Crippen molar-refractivity contribution in [2.75, 3.05) is 38.6 Å². The Morgan fingerprint density at radius 2 is 1.84 bits per heavy atom. The lowest BCUT2D eigenvalue weighted by molar-refractivity contribution is 0.400. The second kappa shape index (κ2) is 8.18. The number of nitrogens with zero attached hydrogens (tertiary/aromatic N) is 2. The molecule has 1 rings (SSSR count). The van der Waals surface area contributed by atoms with Gasteiger partial charge in [-0.2, -0.15) is 0 Å². The molecule has 2 N–H and O–H groups in total. The van der Waals surface area contributed by atoms with Crippen molar-refractivity contribution < 1.29 is 0 Å². The highest BCUT2D eigenvalue weighted by Crippen LogP contribution is 2.21. The van der Waals surface area contributed by atoms with Gasteiger partial charge < -0.3 is 15.5 Å². The predicted molar refractivity (Wildman–Crippen MR) is 84.9 cm³/mol. The Labute approximate surface area is 118 Å². The van der Waals surface area contributed by atoms with Crippen LogP contribution in [0, 0.1) is 0 Å². The summed E-state index contributed by atoms with van der Waals surface area (Å²) in [7, 11) is 4.25. The Balaban J connectivity index is 2.73. The van der Waals surface area contributed by atoms with Crippen molar-refractivity contribution in [2.24, 2.45) is 5.73 Å². The van der Waals surface area contributed by atoms with Gasteiger partial charge in [-0.1, -0.05) is 18.2 Å². The molecule has 0 aliphatic carbocycles. The van der Waals surface area contributed by atoms with E-state index in [1.807, 2.05) is 0 Å². The highest BCUT2D eigenvalue weighted by atomic mass is 15.1. The van der Waals surface area contributed by atoms with Crippen molar-refractivity contribution in [3.8, 4) is 0 Å². The zero-order valence-corrected chi connectivity index (χ0v) is 12.9. The van der Waals surface area contributed by atoms with Crippen LogP contribution in [0.3, 0.4) is 0 Å². The first-order chi connectivity index (χ1) is 9.04. The van der Waals surface area contributed by atoms with E-state index in [9.17, 15) is 0 Å². The van der Waals surface area contributed by atoms with Crippen molar-refractivity contribution >= 4 is 5.69 Å². The molecule has 0 saturated carbocycles. The first-order valence-electron chi connectivity index (χ1n) is 7.27. The molecule has 0 aliphatic rings. The highest BCUT2D eigenvalue weighted by molar-refractivity contribution is 5.53. The Morgan fingerprint density at radius 1 is 1.16 bits per heavy atom. The molecule has 0 fully saturated rings. The molecule has 0 bridgehead atoms. The van der Waals surface area contributed by atoms with Crippen LogP contribution in [0.25, 0.3) is 0 Å². The van der Waals surface area contributed by atoms with Gasteiger partial charge >= 0.3 is 0 Å². The van der Waals surface area contributed by atoms with E-state index in [2.05, 4.69) is 62.0 Å². The molecule has 0 amide bonds. The molecule has 0 heterocycles. The van der Waals surface area contributed by atoms with Gasteiger partial charge in [0.05, 0.1) is 0 Å². The van der Waals surface area contributed by atoms with Gasteiger partial charge in [-0.15, -0.1) is 0 Å². The van der Waals surface area contributed by atoms with Gasteiger partial charge in [0.15, 0.2) is 0 Å². The first-order valence-corrected chi connectivity index (χ1v) is 7.27. The minimum Gasteiger partial charge on any atom is -0.372 e. The minimum atomic E-state index is 0.210. The second-order valence-electron chi connectivity index (χ2n) is 5.55. The van der Waals surface area contributed by atoms with E-state index in [0.717, 1.165) is 26.1 Å². The number of anilines is 1. The predicted octanol–water partition coefficient (Wildman–Crippen LogP) is 2.35. The molecule has 0 aromatic heterocycles. The van der Waals surface area contributed by atoms with Gasteiger partial charge in [0.2, 0.25) is 0 Å². The maximum atomic E-state index is 5.95. The van der Waals surface area contributed by atoms with E-state index in [1.165, 1.54) is 17.7 Å². The summed E-state index contributed by atoms with van der Waals surface area (Å²) < 4.78 is 0. The third-order valence-electron chi connectivity index (χ3n) is 3.29. The van der Waals surface area contributed by atoms with Gasteiger partial charge in [0.25, 0.3) is 0 Å². The third kappa shape index (κ3) is 5.62. The van der Waals surface area contributed by atoms with Gasteiger partial charge in [-0.3, -0.25) is 0 Å². The Bertz CT molecular complexity index is 361. The molecule has 0 aliphatic heterocycles. The fraction of sp³-hybridized carbons (Fsp3) is 0.625. The first kappa shape index (κ1) is 16.0. The third-order valence-corrected chi connectivity index (χ3v) is 3.29. The molecule has 1 atom stereocenters. The maximum absolute atomic E-state index is 5.95. The number of para-hydroxylation sites is 1. The lowest BCUT2D eigenvalue weighted by Crippen LogP contribution is -2.28. The van der Waals surface area contributed by atoms with Gasteiger partial charge in [-0.05, 0) is 59.0 Å². The standard InChI is InChI=1S/C16H29N3/c1-5-19(12-8-11-18(3)4)16-10-7-6-9-15(16)13-14(2)17/h6-7,9-10,14H,5,8,11-13,17H2,1-4H3. The van der Waals surface area contributed by atoms with Crippen molar-refractivity contribution in [1.29, 1.82) is 0 Å². The molecule has 1 unspecified atom stereocenters. The van der Waals surface area contributed by atoms with Gasteiger partial charge in [0.1, 0.15) is 0 Å². The van der Waals surface area contributed by atoms with Crippen molar-refractivity contribution in [2.45, 2.75) is 32.7 Å². The fourth-order valence-corrected chi connectivity index (χ4v) is 2.37. The van der Waals surface area contributed by atoms with Crippen molar-refractivity contribution in [3.05, 3.63) is 29.8 Å². The average Bonchev–Trinajstić information content (AvgIpc) is 2.35. The second-order valence-corrected chi connectivity index (χ2v) is 5.55. The molecule has 0 spiro atoms. The monoisotopic (exact) mass is 263 g/mol. The summed E-state index contributed by atoms with van der Waals surface area (Å²) in [6, 6.07) is 8.86.